The number of hydrogen-bond acceptors (Lipinski definition) is 7. The molecule has 4 atom stereocenters. The van der Waals surface area contributed by atoms with Gasteiger partial charge in [-0.15, -0.1) is 0 Å². The first kappa shape index (κ1) is 21.1. The van der Waals surface area contributed by atoms with Crippen LogP contribution in [0.4, 0.5) is 0 Å². The second kappa shape index (κ2) is 9.12. The minimum Gasteiger partial charge on any atom is -0.458 e. The zero-order valence-corrected chi connectivity index (χ0v) is 15.4. The third-order valence-electron chi connectivity index (χ3n) is 4.86. The summed E-state index contributed by atoms with van der Waals surface area (Å²) in [5.41, 5.74) is 1.38. The molecule has 3 N–H and O–H groups in total. The van der Waals surface area contributed by atoms with Crippen molar-refractivity contribution in [3.05, 3.63) is 47.8 Å². The average molecular weight is 378 g/mol. The van der Waals surface area contributed by atoms with Crippen LogP contribution in [0.5, 0.6) is 0 Å². The lowest BCUT2D eigenvalue weighted by atomic mass is 9.83. The highest BCUT2D eigenvalue weighted by Crippen LogP contribution is 2.39. The number of ether oxygens (including phenoxy) is 2. The van der Waals surface area contributed by atoms with Crippen LogP contribution in [0.15, 0.2) is 47.8 Å². The van der Waals surface area contributed by atoms with Gasteiger partial charge in [0.25, 0.3) is 0 Å². The van der Waals surface area contributed by atoms with Crippen LogP contribution in [-0.2, 0) is 19.1 Å². The zero-order valence-electron chi connectivity index (χ0n) is 15.4. The van der Waals surface area contributed by atoms with E-state index in [-0.39, 0.29) is 17.9 Å². The third-order valence-corrected chi connectivity index (χ3v) is 4.86. The number of aliphatic hydroxyl groups excluding tert-OH is 3. The molecule has 7 nitrogen and oxygen atoms in total. The molecule has 2 rings (SSSR count). The molecule has 27 heavy (non-hydrogen) atoms. The summed E-state index contributed by atoms with van der Waals surface area (Å²) in [6.07, 6.45) is 3.11. The van der Waals surface area contributed by atoms with E-state index in [4.69, 9.17) is 14.6 Å². The predicted octanol–water partition coefficient (Wildman–Crippen LogP) is 1.16. The maximum Gasteiger partial charge on any atom is 0.336 e. The van der Waals surface area contributed by atoms with Gasteiger partial charge in [-0.1, -0.05) is 30.9 Å². The molecule has 7 heteroatoms. The van der Waals surface area contributed by atoms with E-state index in [9.17, 15) is 19.8 Å². The van der Waals surface area contributed by atoms with Gasteiger partial charge in [0.05, 0.1) is 30.6 Å². The summed E-state index contributed by atoms with van der Waals surface area (Å²) in [7, 11) is 0. The molecule has 0 saturated carbocycles. The summed E-state index contributed by atoms with van der Waals surface area (Å²) < 4.78 is 10.7. The van der Waals surface area contributed by atoms with Crippen LogP contribution in [0.3, 0.4) is 0 Å². The van der Waals surface area contributed by atoms with Crippen molar-refractivity contribution in [2.45, 2.75) is 38.4 Å². The van der Waals surface area contributed by atoms with E-state index >= 15 is 0 Å². The molecular formula is C20H26O7. The van der Waals surface area contributed by atoms with Crippen molar-refractivity contribution in [3.63, 3.8) is 0 Å². The van der Waals surface area contributed by atoms with Crippen LogP contribution < -0.4 is 0 Å². The van der Waals surface area contributed by atoms with Crippen molar-refractivity contribution in [3.8, 4) is 0 Å². The molecule has 0 aromatic carbocycles. The van der Waals surface area contributed by atoms with Gasteiger partial charge >= 0.3 is 11.9 Å². The van der Waals surface area contributed by atoms with Crippen LogP contribution >= 0.6 is 0 Å². The fourth-order valence-corrected chi connectivity index (χ4v) is 3.30. The summed E-state index contributed by atoms with van der Waals surface area (Å²) in [6, 6.07) is 0. The number of aliphatic hydroxyl groups is 3. The van der Waals surface area contributed by atoms with Crippen LogP contribution in [0.2, 0.25) is 0 Å². The van der Waals surface area contributed by atoms with Crippen molar-refractivity contribution in [2.75, 3.05) is 13.2 Å². The van der Waals surface area contributed by atoms with Crippen molar-refractivity contribution in [1.82, 2.24) is 0 Å². The molecule has 0 radical (unpaired) electrons. The summed E-state index contributed by atoms with van der Waals surface area (Å²) in [5, 5.41) is 28.2. The smallest absolute Gasteiger partial charge is 0.336 e. The van der Waals surface area contributed by atoms with E-state index in [1.165, 1.54) is 0 Å². The number of carbonyl (C=O) groups is 2. The maximum atomic E-state index is 12.3. The van der Waals surface area contributed by atoms with Crippen LogP contribution in [0, 0.1) is 11.8 Å². The Morgan fingerprint density at radius 1 is 1.44 bits per heavy atom. The largest absolute Gasteiger partial charge is 0.458 e. The van der Waals surface area contributed by atoms with Gasteiger partial charge in [0.15, 0.2) is 0 Å². The van der Waals surface area contributed by atoms with Crippen molar-refractivity contribution >= 4 is 11.9 Å². The highest BCUT2D eigenvalue weighted by Gasteiger charge is 2.45. The highest BCUT2D eigenvalue weighted by molar-refractivity contribution is 5.89. The van der Waals surface area contributed by atoms with Gasteiger partial charge in [0.2, 0.25) is 0 Å². The van der Waals surface area contributed by atoms with Gasteiger partial charge in [-0.25, -0.2) is 4.79 Å². The van der Waals surface area contributed by atoms with E-state index in [1.807, 2.05) is 13.0 Å². The number of allylic oxidation sites excluding steroid dienone is 1. The fraction of sp³-hybridized carbons (Fsp3) is 0.500. The first-order valence-electron chi connectivity index (χ1n) is 8.83. The molecule has 0 bridgehead atoms. The molecule has 0 amide bonds. The molecule has 0 aromatic rings. The Morgan fingerprint density at radius 2 is 2.15 bits per heavy atom. The Balaban J connectivity index is 2.36. The zero-order chi connectivity index (χ0) is 20.1. The van der Waals surface area contributed by atoms with E-state index in [0.29, 0.717) is 24.8 Å². The molecule has 0 aromatic heterocycles. The van der Waals surface area contributed by atoms with Crippen LogP contribution in [0.25, 0.3) is 0 Å². The quantitative estimate of drug-likeness (QED) is 0.374. The van der Waals surface area contributed by atoms with Crippen molar-refractivity contribution < 1.29 is 34.4 Å². The molecule has 1 fully saturated rings. The summed E-state index contributed by atoms with van der Waals surface area (Å²) in [5.74, 6) is -2.52. The second-order valence-corrected chi connectivity index (χ2v) is 6.88. The maximum absolute atomic E-state index is 12.3. The highest BCUT2D eigenvalue weighted by atomic mass is 16.6. The van der Waals surface area contributed by atoms with Gasteiger partial charge in [0, 0.05) is 6.42 Å². The Labute approximate surface area is 158 Å². The summed E-state index contributed by atoms with van der Waals surface area (Å²) in [6.45, 7) is 8.31. The monoisotopic (exact) mass is 378 g/mol. The van der Waals surface area contributed by atoms with E-state index < -0.39 is 42.6 Å². The fourth-order valence-electron chi connectivity index (χ4n) is 3.30. The number of esters is 2. The average Bonchev–Trinajstić information content (AvgIpc) is 2.91. The summed E-state index contributed by atoms with van der Waals surface area (Å²) >= 11 is 0. The molecule has 1 aliphatic carbocycles. The standard InChI is InChI=1S/C20H26O7/c1-11-5-4-6-14(9-21)8-15-18(13(3)26-20(15)25)17(7-11)27-19(24)12(2)16(23)10-22/h5,8,15-18,21-23H,2-4,6-7,9-10H2,1H3/t15-,16?,17+,18+/m1/s1. The minimum atomic E-state index is -1.42. The number of fused-ring (bicyclic) bond motifs is 1. The molecule has 1 unspecified atom stereocenters. The lowest BCUT2D eigenvalue weighted by molar-refractivity contribution is -0.148. The predicted molar refractivity (Wildman–Crippen MR) is 97.1 cm³/mol. The van der Waals surface area contributed by atoms with Gasteiger partial charge in [-0.2, -0.15) is 0 Å². The summed E-state index contributed by atoms with van der Waals surface area (Å²) in [4.78, 5) is 24.6. The molecule has 0 spiro atoms. The molecule has 1 aliphatic heterocycles. The number of cyclic esters (lactones) is 1. The topological polar surface area (TPSA) is 113 Å². The Morgan fingerprint density at radius 3 is 2.78 bits per heavy atom. The van der Waals surface area contributed by atoms with E-state index in [1.54, 1.807) is 6.08 Å². The van der Waals surface area contributed by atoms with Gasteiger partial charge < -0.3 is 24.8 Å². The van der Waals surface area contributed by atoms with Crippen molar-refractivity contribution in [2.24, 2.45) is 11.8 Å². The third kappa shape index (κ3) is 4.94. The number of hydrogen-bond donors (Lipinski definition) is 3. The molecule has 1 saturated heterocycles. The van der Waals surface area contributed by atoms with Gasteiger partial charge in [0.1, 0.15) is 18.0 Å². The molecule has 2 aliphatic rings. The van der Waals surface area contributed by atoms with Crippen LogP contribution in [-0.4, -0.2) is 52.7 Å². The lowest BCUT2D eigenvalue weighted by Gasteiger charge is -2.27. The van der Waals surface area contributed by atoms with Crippen molar-refractivity contribution in [1.29, 1.82) is 0 Å². The van der Waals surface area contributed by atoms with Gasteiger partial charge in [-0.05, 0) is 25.3 Å². The first-order valence-corrected chi connectivity index (χ1v) is 8.83. The van der Waals surface area contributed by atoms with E-state index in [0.717, 1.165) is 5.57 Å². The van der Waals surface area contributed by atoms with Gasteiger partial charge in [-0.3, -0.25) is 4.79 Å². The Hall–Kier alpha value is -2.22. The molecular weight excluding hydrogens is 352 g/mol. The van der Waals surface area contributed by atoms with Crippen LogP contribution in [0.1, 0.15) is 26.2 Å². The SMILES string of the molecule is C=C(C(=O)O[C@H]1CC(C)=CCCC(CO)=C[C@H]2C(=O)OC(=C)[C@H]12)C(O)CO. The Bertz CT molecular complexity index is 688. The second-order valence-electron chi connectivity index (χ2n) is 6.88. The lowest BCUT2D eigenvalue weighted by Crippen LogP contribution is -2.34. The number of carbonyl (C=O) groups excluding carboxylic acids is 2. The van der Waals surface area contributed by atoms with E-state index in [2.05, 4.69) is 13.2 Å². The molecule has 1 heterocycles. The first-order chi connectivity index (χ1) is 12.8. The molecule has 148 valence electrons. The Kier molecular flexibility index (Phi) is 7.12. The number of rotatable bonds is 5. The minimum absolute atomic E-state index is 0.181. The normalized spacial score (nSPS) is 27.0.